The monoisotopic (exact) mass is 369 g/mol. The number of piperazine rings is 1. The molecule has 1 fully saturated rings. The SMILES string of the molecule is O=C(Nc1ccc2c(c1)COC2)N1CCN(C(=O)c2ccc(F)cc2)CC1. The number of anilines is 1. The van der Waals surface area contributed by atoms with Gasteiger partial charge in [0.05, 0.1) is 13.2 Å². The number of fused-ring (bicyclic) bond motifs is 1. The Kier molecular flexibility index (Phi) is 4.77. The minimum Gasteiger partial charge on any atom is -0.372 e. The van der Waals surface area contributed by atoms with Crippen molar-refractivity contribution in [3.63, 3.8) is 0 Å². The highest BCUT2D eigenvalue weighted by molar-refractivity contribution is 5.94. The van der Waals surface area contributed by atoms with Crippen LogP contribution in [0.25, 0.3) is 0 Å². The predicted octanol–water partition coefficient (Wildman–Crippen LogP) is 2.85. The van der Waals surface area contributed by atoms with E-state index in [1.165, 1.54) is 24.3 Å². The highest BCUT2D eigenvalue weighted by Gasteiger charge is 2.25. The number of hydrogen-bond acceptors (Lipinski definition) is 3. The summed E-state index contributed by atoms with van der Waals surface area (Å²) in [5.74, 6) is -0.514. The summed E-state index contributed by atoms with van der Waals surface area (Å²) >= 11 is 0. The summed E-state index contributed by atoms with van der Waals surface area (Å²) in [6, 6.07) is 11.1. The minimum absolute atomic E-state index is 0.145. The highest BCUT2D eigenvalue weighted by atomic mass is 19.1. The van der Waals surface area contributed by atoms with Crippen LogP contribution >= 0.6 is 0 Å². The Hall–Kier alpha value is -2.93. The summed E-state index contributed by atoms with van der Waals surface area (Å²) in [5, 5.41) is 2.91. The number of nitrogens with one attached hydrogen (secondary N) is 1. The Balaban J connectivity index is 1.32. The summed E-state index contributed by atoms with van der Waals surface area (Å²) in [6.07, 6.45) is 0. The zero-order valence-corrected chi connectivity index (χ0v) is 14.8. The molecule has 0 saturated carbocycles. The van der Waals surface area contributed by atoms with Gasteiger partial charge in [-0.1, -0.05) is 6.07 Å². The molecule has 2 aliphatic heterocycles. The van der Waals surface area contributed by atoms with Crippen molar-refractivity contribution in [2.45, 2.75) is 13.2 Å². The largest absolute Gasteiger partial charge is 0.372 e. The molecule has 4 rings (SSSR count). The second-order valence-corrected chi connectivity index (χ2v) is 6.69. The molecule has 1 N–H and O–H groups in total. The quantitative estimate of drug-likeness (QED) is 0.886. The molecule has 2 aromatic rings. The van der Waals surface area contributed by atoms with E-state index in [0.717, 1.165) is 16.8 Å². The van der Waals surface area contributed by atoms with Gasteiger partial charge < -0.3 is 19.9 Å². The van der Waals surface area contributed by atoms with E-state index >= 15 is 0 Å². The molecule has 0 atom stereocenters. The average molecular weight is 369 g/mol. The number of carbonyl (C=O) groups is 2. The lowest BCUT2D eigenvalue weighted by Gasteiger charge is -2.34. The van der Waals surface area contributed by atoms with Crippen molar-refractivity contribution < 1.29 is 18.7 Å². The van der Waals surface area contributed by atoms with Gasteiger partial charge in [0.25, 0.3) is 5.91 Å². The minimum atomic E-state index is -0.369. The normalized spacial score (nSPS) is 16.2. The number of halogens is 1. The second kappa shape index (κ2) is 7.36. The highest BCUT2D eigenvalue weighted by Crippen LogP contribution is 2.23. The van der Waals surface area contributed by atoms with Gasteiger partial charge in [-0.2, -0.15) is 0 Å². The molecule has 2 aromatic carbocycles. The Bertz CT molecular complexity index is 861. The smallest absolute Gasteiger partial charge is 0.321 e. The lowest BCUT2D eigenvalue weighted by atomic mass is 10.1. The van der Waals surface area contributed by atoms with Gasteiger partial charge in [0, 0.05) is 37.4 Å². The summed E-state index contributed by atoms with van der Waals surface area (Å²) in [7, 11) is 0. The number of amides is 3. The van der Waals surface area contributed by atoms with Crippen LogP contribution in [0.5, 0.6) is 0 Å². The Morgan fingerprint density at radius 1 is 0.889 bits per heavy atom. The van der Waals surface area contributed by atoms with E-state index in [9.17, 15) is 14.0 Å². The van der Waals surface area contributed by atoms with E-state index in [1.54, 1.807) is 9.80 Å². The first-order chi connectivity index (χ1) is 13.1. The molecule has 2 aliphatic rings. The van der Waals surface area contributed by atoms with Crippen molar-refractivity contribution >= 4 is 17.6 Å². The van der Waals surface area contributed by atoms with E-state index < -0.39 is 0 Å². The maximum Gasteiger partial charge on any atom is 0.321 e. The molecule has 0 aliphatic carbocycles. The molecule has 0 radical (unpaired) electrons. The van der Waals surface area contributed by atoms with Crippen molar-refractivity contribution in [3.8, 4) is 0 Å². The standard InChI is InChI=1S/C20H20FN3O3/c21-17-4-1-14(2-5-17)19(25)23-7-9-24(10-8-23)20(26)22-18-6-3-15-12-27-13-16(15)11-18/h1-6,11H,7-10,12-13H2,(H,22,26). The molecule has 0 bridgehead atoms. The van der Waals surface area contributed by atoms with E-state index in [1.807, 2.05) is 18.2 Å². The molecule has 1 saturated heterocycles. The third-order valence-electron chi connectivity index (χ3n) is 4.92. The van der Waals surface area contributed by atoms with Crippen molar-refractivity contribution in [1.29, 1.82) is 0 Å². The molecular formula is C20H20FN3O3. The Labute approximate surface area is 156 Å². The molecular weight excluding hydrogens is 349 g/mol. The maximum absolute atomic E-state index is 13.0. The van der Waals surface area contributed by atoms with E-state index in [4.69, 9.17) is 4.74 Å². The lowest BCUT2D eigenvalue weighted by Crippen LogP contribution is -2.51. The van der Waals surface area contributed by atoms with Gasteiger partial charge >= 0.3 is 6.03 Å². The first-order valence-corrected chi connectivity index (χ1v) is 8.90. The van der Waals surface area contributed by atoms with Gasteiger partial charge in [0.2, 0.25) is 0 Å². The fourth-order valence-corrected chi connectivity index (χ4v) is 3.34. The van der Waals surface area contributed by atoms with Crippen LogP contribution < -0.4 is 5.32 Å². The van der Waals surface area contributed by atoms with Gasteiger partial charge in [-0.15, -0.1) is 0 Å². The van der Waals surface area contributed by atoms with Crippen LogP contribution in [0.2, 0.25) is 0 Å². The molecule has 0 unspecified atom stereocenters. The van der Waals surface area contributed by atoms with Crippen molar-refractivity contribution in [2.24, 2.45) is 0 Å². The summed E-state index contributed by atoms with van der Waals surface area (Å²) in [5.41, 5.74) is 3.45. The summed E-state index contributed by atoms with van der Waals surface area (Å²) in [4.78, 5) is 28.3. The zero-order chi connectivity index (χ0) is 18.8. The number of rotatable bonds is 2. The van der Waals surface area contributed by atoms with Crippen LogP contribution in [0.3, 0.4) is 0 Å². The fourth-order valence-electron chi connectivity index (χ4n) is 3.34. The van der Waals surface area contributed by atoms with Crippen LogP contribution in [0.1, 0.15) is 21.5 Å². The number of nitrogens with zero attached hydrogens (tertiary/aromatic N) is 2. The molecule has 3 amide bonds. The number of carbonyl (C=O) groups excluding carboxylic acids is 2. The Morgan fingerprint density at radius 2 is 1.56 bits per heavy atom. The third-order valence-corrected chi connectivity index (χ3v) is 4.92. The fraction of sp³-hybridized carbons (Fsp3) is 0.300. The molecule has 140 valence electrons. The van der Waals surface area contributed by atoms with Crippen LogP contribution in [0.15, 0.2) is 42.5 Å². The number of benzene rings is 2. The molecule has 2 heterocycles. The maximum atomic E-state index is 13.0. The number of hydrogen-bond donors (Lipinski definition) is 1. The first-order valence-electron chi connectivity index (χ1n) is 8.90. The van der Waals surface area contributed by atoms with Crippen molar-refractivity contribution in [3.05, 3.63) is 65.0 Å². The van der Waals surface area contributed by atoms with Crippen LogP contribution in [-0.2, 0) is 18.0 Å². The second-order valence-electron chi connectivity index (χ2n) is 6.69. The van der Waals surface area contributed by atoms with Gasteiger partial charge in [0.15, 0.2) is 0 Å². The van der Waals surface area contributed by atoms with E-state index in [2.05, 4.69) is 5.32 Å². The van der Waals surface area contributed by atoms with Crippen molar-refractivity contribution in [2.75, 3.05) is 31.5 Å². The van der Waals surface area contributed by atoms with E-state index in [-0.39, 0.29) is 17.8 Å². The predicted molar refractivity (Wildman–Crippen MR) is 97.8 cm³/mol. The topological polar surface area (TPSA) is 61.9 Å². The molecule has 6 nitrogen and oxygen atoms in total. The summed E-state index contributed by atoms with van der Waals surface area (Å²) in [6.45, 7) is 2.99. The zero-order valence-electron chi connectivity index (χ0n) is 14.8. The lowest BCUT2D eigenvalue weighted by molar-refractivity contribution is 0.0671. The van der Waals surface area contributed by atoms with Crippen LogP contribution in [0.4, 0.5) is 14.9 Å². The molecule has 0 spiro atoms. The van der Waals surface area contributed by atoms with Gasteiger partial charge in [-0.25, -0.2) is 9.18 Å². The van der Waals surface area contributed by atoms with Crippen molar-refractivity contribution in [1.82, 2.24) is 9.80 Å². The third kappa shape index (κ3) is 3.78. The average Bonchev–Trinajstić information content (AvgIpc) is 3.16. The van der Waals surface area contributed by atoms with Crippen LogP contribution in [-0.4, -0.2) is 47.9 Å². The van der Waals surface area contributed by atoms with Crippen LogP contribution in [0, 0.1) is 5.82 Å². The molecule has 7 heteroatoms. The summed E-state index contributed by atoms with van der Waals surface area (Å²) < 4.78 is 18.4. The Morgan fingerprint density at radius 3 is 2.30 bits per heavy atom. The number of urea groups is 1. The van der Waals surface area contributed by atoms with E-state index in [0.29, 0.717) is 45.0 Å². The van der Waals surface area contributed by atoms with Gasteiger partial charge in [-0.3, -0.25) is 4.79 Å². The molecule has 0 aromatic heterocycles. The first kappa shape index (κ1) is 17.5. The molecule has 27 heavy (non-hydrogen) atoms. The van der Waals surface area contributed by atoms with Gasteiger partial charge in [0.1, 0.15) is 5.82 Å². The van der Waals surface area contributed by atoms with Gasteiger partial charge in [-0.05, 0) is 47.5 Å². The number of ether oxygens (including phenoxy) is 1.